The van der Waals surface area contributed by atoms with E-state index in [0.29, 0.717) is 54.0 Å². The van der Waals surface area contributed by atoms with Crippen LogP contribution in [0.15, 0.2) is 53.2 Å². The van der Waals surface area contributed by atoms with E-state index in [1.165, 1.54) is 0 Å². The molecule has 11 heteroatoms. The van der Waals surface area contributed by atoms with E-state index in [-0.39, 0.29) is 29.0 Å². The van der Waals surface area contributed by atoms with Crippen molar-refractivity contribution in [3.8, 4) is 23.1 Å². The zero-order chi connectivity index (χ0) is 36.3. The summed E-state index contributed by atoms with van der Waals surface area (Å²) in [6.07, 6.45) is 8.95. The third-order valence-corrected chi connectivity index (χ3v) is 12.7. The first-order valence-corrected chi connectivity index (χ1v) is 19.7. The van der Waals surface area contributed by atoms with Crippen LogP contribution in [0.2, 0.25) is 0 Å². The predicted octanol–water partition coefficient (Wildman–Crippen LogP) is 7.69. The molecule has 0 spiro atoms. The first kappa shape index (κ1) is 34.4. The number of hydrogen-bond donors (Lipinski definition) is 1. The van der Waals surface area contributed by atoms with Crippen molar-refractivity contribution in [2.75, 3.05) is 37.7 Å². The minimum Gasteiger partial charge on any atom is -0.474 e. The summed E-state index contributed by atoms with van der Waals surface area (Å²) < 4.78 is 35.5. The highest BCUT2D eigenvalue weighted by Crippen LogP contribution is 2.43. The van der Waals surface area contributed by atoms with Gasteiger partial charge in [-0.1, -0.05) is 64.1 Å². The Hall–Kier alpha value is -4.35. The fourth-order valence-corrected chi connectivity index (χ4v) is 9.45. The number of fused-ring (bicyclic) bond motifs is 5. The highest BCUT2D eigenvalue weighted by atomic mass is 19.1. The van der Waals surface area contributed by atoms with Crippen molar-refractivity contribution in [1.29, 1.82) is 0 Å². The molecule has 4 aliphatic rings. The summed E-state index contributed by atoms with van der Waals surface area (Å²) in [5.74, 6) is 2.40. The van der Waals surface area contributed by atoms with E-state index >= 15 is 4.39 Å². The Morgan fingerprint density at radius 2 is 1.83 bits per heavy atom. The van der Waals surface area contributed by atoms with Gasteiger partial charge in [0.25, 0.3) is 5.88 Å². The number of rotatable bonds is 11. The van der Waals surface area contributed by atoms with Crippen LogP contribution in [0.3, 0.4) is 0 Å². The highest BCUT2D eigenvalue weighted by Gasteiger charge is 2.50. The van der Waals surface area contributed by atoms with Gasteiger partial charge in [0.2, 0.25) is 0 Å². The summed E-state index contributed by atoms with van der Waals surface area (Å²) in [6.45, 7) is 12.2. The molecule has 5 atom stereocenters. The third kappa shape index (κ3) is 6.19. The van der Waals surface area contributed by atoms with Gasteiger partial charge in [-0.05, 0) is 78.9 Å². The van der Waals surface area contributed by atoms with Gasteiger partial charge in [-0.25, -0.2) is 4.39 Å². The van der Waals surface area contributed by atoms with E-state index in [4.69, 9.17) is 28.9 Å². The number of nitrogens with one attached hydrogen (secondary N) is 1. The summed E-state index contributed by atoms with van der Waals surface area (Å²) in [4.78, 5) is 19.5. The van der Waals surface area contributed by atoms with Crippen LogP contribution in [0, 0.1) is 11.7 Å². The molecule has 0 aliphatic carbocycles. The van der Waals surface area contributed by atoms with Crippen molar-refractivity contribution >= 4 is 27.5 Å². The molecule has 4 fully saturated rings. The van der Waals surface area contributed by atoms with Gasteiger partial charge >= 0.3 is 6.01 Å². The molecule has 5 aromatic rings. The number of benzene rings is 2. The SMILES string of the molecule is CCc1cccc2cccc(-c3ncc4c(N5CC6CCC(C5)N6)nc(OC[C@]56CCCN5[C@H](COc5cc(C(C)C(C)C)on5)CC6)nc4c3F)c12. The quantitative estimate of drug-likeness (QED) is 0.146. The number of anilines is 1. The van der Waals surface area contributed by atoms with E-state index in [2.05, 4.69) is 72.2 Å². The Morgan fingerprint density at radius 1 is 1.02 bits per heavy atom. The summed E-state index contributed by atoms with van der Waals surface area (Å²) in [5, 5.41) is 10.6. The van der Waals surface area contributed by atoms with Crippen LogP contribution < -0.4 is 19.7 Å². The normalized spacial score (nSPS) is 24.8. The molecule has 1 N–H and O–H groups in total. The lowest BCUT2D eigenvalue weighted by Gasteiger charge is -2.35. The maximum Gasteiger partial charge on any atom is 0.319 e. The Balaban J connectivity index is 1.02. The molecule has 53 heavy (non-hydrogen) atoms. The number of pyridine rings is 1. The molecule has 2 aromatic carbocycles. The smallest absolute Gasteiger partial charge is 0.319 e. The molecule has 10 nitrogen and oxygen atoms in total. The van der Waals surface area contributed by atoms with Crippen LogP contribution in [0.4, 0.5) is 10.2 Å². The van der Waals surface area contributed by atoms with Crippen molar-refractivity contribution in [1.82, 2.24) is 30.3 Å². The average molecular weight is 720 g/mol. The number of aryl methyl sites for hydroxylation is 1. The van der Waals surface area contributed by atoms with E-state index in [1.807, 2.05) is 18.2 Å². The van der Waals surface area contributed by atoms with Gasteiger partial charge in [0.1, 0.15) is 36.0 Å². The predicted molar refractivity (Wildman–Crippen MR) is 204 cm³/mol. The number of halogens is 1. The van der Waals surface area contributed by atoms with Crippen molar-refractivity contribution in [3.63, 3.8) is 0 Å². The van der Waals surface area contributed by atoms with Gasteiger partial charge in [-0.3, -0.25) is 9.88 Å². The molecule has 0 saturated carbocycles. The van der Waals surface area contributed by atoms with Gasteiger partial charge in [-0.15, -0.1) is 0 Å². The minimum absolute atomic E-state index is 0.150. The minimum atomic E-state index is -0.440. The standard InChI is InChI=1S/C42H50FN7O3/c1-5-27-9-6-10-28-11-7-12-32(36(27)28)38-37(43)39-33(20-44-38)40(49-21-29-13-14-30(22-49)45-29)47-41(46-39)52-24-42-16-8-18-50(42)31(15-17-42)23-51-35-19-34(53-48-35)26(4)25(2)3/h6-7,9-12,19-20,25-26,29-31,45H,5,8,13-18,21-24H2,1-4H3/t26?,29?,30?,31-,42+/m0/s1. The number of aromatic nitrogens is 4. The van der Waals surface area contributed by atoms with Crippen LogP contribution in [-0.2, 0) is 6.42 Å². The van der Waals surface area contributed by atoms with Crippen LogP contribution in [-0.4, -0.2) is 81.5 Å². The van der Waals surface area contributed by atoms with Gasteiger partial charge in [0.15, 0.2) is 5.82 Å². The Labute approximate surface area is 310 Å². The summed E-state index contributed by atoms with van der Waals surface area (Å²) in [5.41, 5.74) is 2.35. The molecule has 3 unspecified atom stereocenters. The first-order chi connectivity index (χ1) is 25.8. The molecule has 7 heterocycles. The van der Waals surface area contributed by atoms with E-state index in [0.717, 1.165) is 92.2 Å². The van der Waals surface area contributed by atoms with E-state index in [9.17, 15) is 0 Å². The lowest BCUT2D eigenvalue weighted by Crippen LogP contribution is -2.51. The monoisotopic (exact) mass is 719 g/mol. The summed E-state index contributed by atoms with van der Waals surface area (Å²) in [6, 6.07) is 15.4. The van der Waals surface area contributed by atoms with Crippen LogP contribution in [0.25, 0.3) is 32.9 Å². The summed E-state index contributed by atoms with van der Waals surface area (Å²) >= 11 is 0. The third-order valence-electron chi connectivity index (χ3n) is 12.7. The second kappa shape index (κ2) is 13.8. The van der Waals surface area contributed by atoms with Gasteiger partial charge in [0, 0.05) is 55.0 Å². The fraction of sp³-hybridized carbons (Fsp3) is 0.524. The lowest BCUT2D eigenvalue weighted by molar-refractivity contribution is 0.0672. The molecule has 2 bridgehead atoms. The molecule has 3 aromatic heterocycles. The Morgan fingerprint density at radius 3 is 2.62 bits per heavy atom. The fourth-order valence-electron chi connectivity index (χ4n) is 9.45. The lowest BCUT2D eigenvalue weighted by atomic mass is 9.95. The molecule has 0 amide bonds. The molecular weight excluding hydrogens is 670 g/mol. The first-order valence-electron chi connectivity index (χ1n) is 19.7. The Kier molecular flexibility index (Phi) is 8.97. The topological polar surface area (TPSA) is 102 Å². The zero-order valence-corrected chi connectivity index (χ0v) is 31.3. The second-order valence-corrected chi connectivity index (χ2v) is 16.1. The number of piperazine rings is 1. The zero-order valence-electron chi connectivity index (χ0n) is 31.3. The van der Waals surface area contributed by atoms with Crippen LogP contribution in [0.1, 0.15) is 83.5 Å². The van der Waals surface area contributed by atoms with Crippen molar-refractivity contribution < 1.29 is 18.4 Å². The number of nitrogens with zero attached hydrogens (tertiary/aromatic N) is 6. The molecule has 4 saturated heterocycles. The molecule has 0 radical (unpaired) electrons. The maximum atomic E-state index is 17.1. The Bertz CT molecular complexity index is 2120. The maximum absolute atomic E-state index is 17.1. The van der Waals surface area contributed by atoms with Gasteiger partial charge in [-0.2, -0.15) is 9.97 Å². The number of hydrogen-bond acceptors (Lipinski definition) is 10. The van der Waals surface area contributed by atoms with Crippen LogP contribution in [0.5, 0.6) is 11.9 Å². The second-order valence-electron chi connectivity index (χ2n) is 16.1. The molecule has 278 valence electrons. The van der Waals surface area contributed by atoms with Crippen molar-refractivity contribution in [3.05, 3.63) is 65.8 Å². The van der Waals surface area contributed by atoms with Crippen LogP contribution >= 0.6 is 0 Å². The summed E-state index contributed by atoms with van der Waals surface area (Å²) in [7, 11) is 0. The average Bonchev–Trinajstić information content (AvgIpc) is 3.97. The van der Waals surface area contributed by atoms with E-state index < -0.39 is 5.82 Å². The van der Waals surface area contributed by atoms with E-state index in [1.54, 1.807) is 6.20 Å². The molecule has 4 aliphatic heterocycles. The molecule has 9 rings (SSSR count). The highest BCUT2D eigenvalue weighted by molar-refractivity contribution is 6.00. The largest absolute Gasteiger partial charge is 0.474 e. The van der Waals surface area contributed by atoms with Crippen molar-refractivity contribution in [2.45, 2.75) is 102 Å². The van der Waals surface area contributed by atoms with Gasteiger partial charge < -0.3 is 24.2 Å². The molecular formula is C42H50FN7O3. The van der Waals surface area contributed by atoms with Crippen molar-refractivity contribution in [2.24, 2.45) is 5.92 Å². The van der Waals surface area contributed by atoms with Gasteiger partial charge in [0.05, 0.1) is 10.9 Å². The number of ether oxygens (including phenoxy) is 2.